The van der Waals surface area contributed by atoms with Crippen molar-refractivity contribution in [2.45, 2.75) is 19.5 Å². The van der Waals surface area contributed by atoms with Crippen LogP contribution in [0.25, 0.3) is 0 Å². The molecule has 0 saturated carbocycles. The highest BCUT2D eigenvalue weighted by Gasteiger charge is 2.19. The van der Waals surface area contributed by atoms with E-state index in [0.29, 0.717) is 13.1 Å². The topological polar surface area (TPSA) is 56.1 Å². The van der Waals surface area contributed by atoms with Crippen molar-refractivity contribution in [2.75, 3.05) is 0 Å². The van der Waals surface area contributed by atoms with Gasteiger partial charge in [0.15, 0.2) is 0 Å². The third-order valence-corrected chi connectivity index (χ3v) is 2.36. The van der Waals surface area contributed by atoms with Crippen LogP contribution in [-0.4, -0.2) is 10.9 Å². The monoisotopic (exact) mass is 201 g/mol. The molecule has 4 heteroatoms. The quantitative estimate of drug-likeness (QED) is 0.775. The van der Waals surface area contributed by atoms with E-state index in [-0.39, 0.29) is 12.3 Å². The molecule has 1 N–H and O–H groups in total. The van der Waals surface area contributed by atoms with Gasteiger partial charge in [-0.15, -0.1) is 0 Å². The van der Waals surface area contributed by atoms with Crippen molar-refractivity contribution < 1.29 is 4.79 Å². The third kappa shape index (κ3) is 2.14. The number of hydrogen-bond acceptors (Lipinski definition) is 3. The summed E-state index contributed by atoms with van der Waals surface area (Å²) in [5.41, 5.74) is 5.16. The number of rotatable bonds is 2. The lowest BCUT2D eigenvalue weighted by molar-refractivity contribution is -0.125. The Labute approximate surface area is 88.1 Å². The zero-order valence-corrected chi connectivity index (χ0v) is 8.23. The van der Waals surface area contributed by atoms with Crippen LogP contribution in [0, 0.1) is 11.3 Å². The Bertz CT molecular complexity index is 397. The molecule has 1 aromatic carbocycles. The molecule has 0 fully saturated rings. The van der Waals surface area contributed by atoms with E-state index in [9.17, 15) is 4.79 Å². The molecule has 0 radical (unpaired) electrons. The van der Waals surface area contributed by atoms with Crippen LogP contribution in [-0.2, 0) is 17.9 Å². The van der Waals surface area contributed by atoms with Crippen molar-refractivity contribution in [3.05, 3.63) is 35.4 Å². The smallest absolute Gasteiger partial charge is 0.248 e. The first-order valence-electron chi connectivity index (χ1n) is 4.78. The summed E-state index contributed by atoms with van der Waals surface area (Å²) < 4.78 is 0. The maximum absolute atomic E-state index is 11.2. The number of nitrogens with one attached hydrogen (secondary N) is 1. The Morgan fingerprint density at radius 1 is 1.40 bits per heavy atom. The van der Waals surface area contributed by atoms with Gasteiger partial charge < -0.3 is 0 Å². The fraction of sp³-hybridized carbons (Fsp3) is 0.273. The van der Waals surface area contributed by atoms with Gasteiger partial charge in [0, 0.05) is 13.1 Å². The Balaban J connectivity index is 1.96. The largest absolute Gasteiger partial charge is 0.287 e. The Hall–Kier alpha value is -1.86. The minimum atomic E-state index is -0.245. The number of carbonyl (C=O) groups excluding carboxylic acids is 1. The maximum atomic E-state index is 11.2. The normalized spacial score (nSPS) is 14.3. The van der Waals surface area contributed by atoms with Crippen LogP contribution in [0.4, 0.5) is 0 Å². The van der Waals surface area contributed by atoms with E-state index < -0.39 is 0 Å². The molecule has 0 saturated heterocycles. The SMILES string of the molecule is N#CCC(=O)NN1Cc2ccccc2C1. The van der Waals surface area contributed by atoms with Crippen LogP contribution in [0.5, 0.6) is 0 Å². The first-order chi connectivity index (χ1) is 7.29. The van der Waals surface area contributed by atoms with Crippen molar-refractivity contribution in [1.82, 2.24) is 10.4 Å². The van der Waals surface area contributed by atoms with Crippen LogP contribution in [0.2, 0.25) is 0 Å². The lowest BCUT2D eigenvalue weighted by Crippen LogP contribution is -2.38. The predicted molar refractivity (Wildman–Crippen MR) is 54.1 cm³/mol. The summed E-state index contributed by atoms with van der Waals surface area (Å²) in [7, 11) is 0. The molecule has 1 aromatic rings. The van der Waals surface area contributed by atoms with Crippen LogP contribution in [0.15, 0.2) is 24.3 Å². The number of carbonyl (C=O) groups is 1. The first kappa shape index (κ1) is 9.69. The number of fused-ring (bicyclic) bond motifs is 1. The second kappa shape index (κ2) is 4.11. The number of hydrogen-bond donors (Lipinski definition) is 1. The highest BCUT2D eigenvalue weighted by molar-refractivity contribution is 5.77. The van der Waals surface area contributed by atoms with Gasteiger partial charge >= 0.3 is 0 Å². The van der Waals surface area contributed by atoms with E-state index in [1.54, 1.807) is 0 Å². The molecule has 15 heavy (non-hydrogen) atoms. The third-order valence-electron chi connectivity index (χ3n) is 2.36. The van der Waals surface area contributed by atoms with Crippen LogP contribution in [0.1, 0.15) is 17.5 Å². The zero-order valence-electron chi connectivity index (χ0n) is 8.23. The molecule has 0 aliphatic carbocycles. The second-order valence-corrected chi connectivity index (χ2v) is 3.49. The second-order valence-electron chi connectivity index (χ2n) is 3.49. The minimum absolute atomic E-state index is 0.0904. The summed E-state index contributed by atoms with van der Waals surface area (Å²) in [4.78, 5) is 11.2. The van der Waals surface area contributed by atoms with Gasteiger partial charge in [0.05, 0.1) is 6.07 Å². The van der Waals surface area contributed by atoms with Crippen molar-refractivity contribution in [2.24, 2.45) is 0 Å². The number of nitriles is 1. The Morgan fingerprint density at radius 2 is 2.00 bits per heavy atom. The molecule has 0 unspecified atom stereocenters. The van der Waals surface area contributed by atoms with E-state index >= 15 is 0 Å². The van der Waals surface area contributed by atoms with Crippen molar-refractivity contribution >= 4 is 5.91 Å². The van der Waals surface area contributed by atoms with Gasteiger partial charge in [-0.1, -0.05) is 24.3 Å². The molecular formula is C11H11N3O. The van der Waals surface area contributed by atoms with E-state index in [4.69, 9.17) is 5.26 Å². The molecule has 0 spiro atoms. The number of benzene rings is 1. The summed E-state index contributed by atoms with van der Waals surface area (Å²) in [6.45, 7) is 1.43. The van der Waals surface area contributed by atoms with Gasteiger partial charge in [-0.25, -0.2) is 5.01 Å². The summed E-state index contributed by atoms with van der Waals surface area (Å²) >= 11 is 0. The number of amides is 1. The summed E-state index contributed by atoms with van der Waals surface area (Å²) in [5, 5.41) is 10.2. The molecule has 4 nitrogen and oxygen atoms in total. The molecule has 0 aromatic heterocycles. The minimum Gasteiger partial charge on any atom is -0.287 e. The van der Waals surface area contributed by atoms with Crippen LogP contribution in [0.3, 0.4) is 0 Å². The average Bonchev–Trinajstić information content (AvgIpc) is 2.59. The van der Waals surface area contributed by atoms with Crippen molar-refractivity contribution in [1.29, 1.82) is 5.26 Å². The average molecular weight is 201 g/mol. The molecule has 0 atom stereocenters. The molecule has 1 aliphatic rings. The van der Waals surface area contributed by atoms with E-state index in [1.807, 2.05) is 35.3 Å². The van der Waals surface area contributed by atoms with E-state index in [1.165, 1.54) is 11.1 Å². The first-order valence-corrected chi connectivity index (χ1v) is 4.78. The van der Waals surface area contributed by atoms with Gasteiger partial charge in [0.2, 0.25) is 5.91 Å². The molecule has 1 heterocycles. The van der Waals surface area contributed by atoms with Crippen molar-refractivity contribution in [3.63, 3.8) is 0 Å². The van der Waals surface area contributed by atoms with E-state index in [0.717, 1.165) is 0 Å². The van der Waals surface area contributed by atoms with Gasteiger partial charge in [0.25, 0.3) is 0 Å². The van der Waals surface area contributed by atoms with E-state index in [2.05, 4.69) is 5.43 Å². The molecule has 0 bridgehead atoms. The lowest BCUT2D eigenvalue weighted by Gasteiger charge is -2.14. The highest BCUT2D eigenvalue weighted by Crippen LogP contribution is 2.20. The summed E-state index contributed by atoms with van der Waals surface area (Å²) in [6.07, 6.45) is -0.0904. The maximum Gasteiger partial charge on any atom is 0.248 e. The molecule has 1 amide bonds. The number of nitrogens with zero attached hydrogens (tertiary/aromatic N) is 2. The standard InChI is InChI=1S/C11H11N3O/c12-6-5-11(15)13-14-7-9-3-1-2-4-10(9)8-14/h1-4H,5,7-8H2,(H,13,15). The summed E-state index contributed by atoms with van der Waals surface area (Å²) in [6, 6.07) is 9.89. The van der Waals surface area contributed by atoms with Gasteiger partial charge in [-0.2, -0.15) is 5.26 Å². The van der Waals surface area contributed by atoms with Crippen LogP contribution >= 0.6 is 0 Å². The highest BCUT2D eigenvalue weighted by atomic mass is 16.2. The Morgan fingerprint density at radius 3 is 2.53 bits per heavy atom. The van der Waals surface area contributed by atoms with Crippen molar-refractivity contribution in [3.8, 4) is 6.07 Å². The van der Waals surface area contributed by atoms with Crippen LogP contribution < -0.4 is 5.43 Å². The number of hydrazine groups is 1. The summed E-state index contributed by atoms with van der Waals surface area (Å²) in [5.74, 6) is -0.245. The molecule has 2 rings (SSSR count). The molecule has 1 aliphatic heterocycles. The molecular weight excluding hydrogens is 190 g/mol. The fourth-order valence-electron chi connectivity index (χ4n) is 1.70. The molecule has 76 valence electrons. The van der Waals surface area contributed by atoms with Gasteiger partial charge in [0.1, 0.15) is 6.42 Å². The van der Waals surface area contributed by atoms with Gasteiger partial charge in [-0.3, -0.25) is 10.2 Å². The lowest BCUT2D eigenvalue weighted by atomic mass is 10.1. The zero-order chi connectivity index (χ0) is 10.7. The Kier molecular flexibility index (Phi) is 2.66. The van der Waals surface area contributed by atoms with Gasteiger partial charge in [-0.05, 0) is 11.1 Å². The predicted octanol–water partition coefficient (Wildman–Crippen LogP) is 0.947. The fourth-order valence-corrected chi connectivity index (χ4v) is 1.70.